The van der Waals surface area contributed by atoms with Crippen LogP contribution in [-0.4, -0.2) is 61.8 Å². The van der Waals surface area contributed by atoms with Gasteiger partial charge in [0, 0.05) is 37.6 Å². The molecule has 1 aromatic heterocycles. The standard InChI is InChI=1S/C21H25N5O3S2/c1-24-19-6-4-3-5-18(19)23-21(24)30-15-20(27)22-16-7-9-17(10-8-16)25-11-13-26(14-12-25)31(2,28)29/h3-10H,11-15H2,1-2H3,(H,22,27)/p+1. The van der Waals surface area contributed by atoms with Crippen molar-refractivity contribution >= 4 is 50.1 Å². The van der Waals surface area contributed by atoms with Gasteiger partial charge in [0.1, 0.15) is 0 Å². The van der Waals surface area contributed by atoms with Crippen molar-refractivity contribution in [3.05, 3.63) is 48.5 Å². The number of hydrogen-bond acceptors (Lipinski definition) is 5. The van der Waals surface area contributed by atoms with Crippen molar-refractivity contribution in [3.63, 3.8) is 0 Å². The van der Waals surface area contributed by atoms with Crippen LogP contribution in [0.3, 0.4) is 0 Å². The number of imidazole rings is 1. The monoisotopic (exact) mass is 460 g/mol. The lowest BCUT2D eigenvalue weighted by Gasteiger charge is -2.34. The summed E-state index contributed by atoms with van der Waals surface area (Å²) in [6, 6.07) is 15.7. The highest BCUT2D eigenvalue weighted by Gasteiger charge is 2.23. The van der Waals surface area contributed by atoms with E-state index in [0.29, 0.717) is 31.9 Å². The summed E-state index contributed by atoms with van der Waals surface area (Å²) >= 11 is 1.46. The predicted octanol–water partition coefficient (Wildman–Crippen LogP) is 1.80. The number of aromatic nitrogens is 2. The zero-order valence-corrected chi connectivity index (χ0v) is 19.2. The number of amides is 1. The van der Waals surface area contributed by atoms with E-state index in [9.17, 15) is 13.2 Å². The summed E-state index contributed by atoms with van der Waals surface area (Å²) in [7, 11) is -1.15. The number of nitrogens with one attached hydrogen (secondary N) is 2. The number of thioether (sulfide) groups is 1. The Balaban J connectivity index is 1.30. The van der Waals surface area contributed by atoms with Crippen LogP contribution in [0.25, 0.3) is 11.0 Å². The number of aromatic amines is 1. The van der Waals surface area contributed by atoms with Crippen LogP contribution < -0.4 is 14.8 Å². The number of sulfonamides is 1. The average molecular weight is 461 g/mol. The molecule has 0 spiro atoms. The number of carbonyl (C=O) groups is 1. The van der Waals surface area contributed by atoms with E-state index in [4.69, 9.17) is 0 Å². The van der Waals surface area contributed by atoms with Gasteiger partial charge in [0.2, 0.25) is 15.9 Å². The second kappa shape index (κ2) is 8.89. The molecular weight excluding hydrogens is 434 g/mol. The number of H-pyrrole nitrogens is 1. The van der Waals surface area contributed by atoms with E-state index in [1.807, 2.05) is 60.1 Å². The van der Waals surface area contributed by atoms with Crippen LogP contribution >= 0.6 is 11.8 Å². The van der Waals surface area contributed by atoms with E-state index in [1.54, 1.807) is 0 Å². The molecule has 0 atom stereocenters. The lowest BCUT2D eigenvalue weighted by Crippen LogP contribution is -2.48. The Morgan fingerprint density at radius 2 is 1.77 bits per heavy atom. The number of carbonyl (C=O) groups excluding carboxylic acids is 1. The van der Waals surface area contributed by atoms with E-state index in [1.165, 1.54) is 22.3 Å². The molecule has 1 fully saturated rings. The maximum atomic E-state index is 12.4. The van der Waals surface area contributed by atoms with Crippen LogP contribution in [0.4, 0.5) is 11.4 Å². The first kappa shape index (κ1) is 21.7. The predicted molar refractivity (Wildman–Crippen MR) is 124 cm³/mol. The van der Waals surface area contributed by atoms with Crippen LogP contribution in [0.1, 0.15) is 0 Å². The molecule has 4 rings (SSSR count). The average Bonchev–Trinajstić information content (AvgIpc) is 3.08. The smallest absolute Gasteiger partial charge is 0.317 e. The Kier molecular flexibility index (Phi) is 6.22. The number of aryl methyl sites for hydroxylation is 1. The van der Waals surface area contributed by atoms with Crippen molar-refractivity contribution in [2.24, 2.45) is 7.05 Å². The molecule has 1 aliphatic rings. The number of anilines is 2. The maximum Gasteiger partial charge on any atom is 0.317 e. The van der Waals surface area contributed by atoms with Gasteiger partial charge in [0.15, 0.2) is 11.0 Å². The first-order valence-corrected chi connectivity index (χ1v) is 12.8. The molecular formula is C21H26N5O3S2+. The van der Waals surface area contributed by atoms with Gasteiger partial charge in [-0.25, -0.2) is 18.0 Å². The normalized spacial score (nSPS) is 15.4. The second-order valence-electron chi connectivity index (χ2n) is 7.54. The van der Waals surface area contributed by atoms with Crippen LogP contribution in [0.2, 0.25) is 0 Å². The van der Waals surface area contributed by atoms with Gasteiger partial charge < -0.3 is 10.2 Å². The summed E-state index contributed by atoms with van der Waals surface area (Å²) in [5, 5.41) is 3.86. The highest BCUT2D eigenvalue weighted by molar-refractivity contribution is 7.99. The van der Waals surface area contributed by atoms with Crippen molar-refractivity contribution in [2.75, 3.05) is 48.4 Å². The zero-order chi connectivity index (χ0) is 22.0. The molecule has 2 aromatic carbocycles. The number of piperazine rings is 1. The zero-order valence-electron chi connectivity index (χ0n) is 17.5. The Morgan fingerprint density at radius 3 is 2.42 bits per heavy atom. The van der Waals surface area contributed by atoms with E-state index in [-0.39, 0.29) is 5.91 Å². The fourth-order valence-corrected chi connectivity index (χ4v) is 5.32. The van der Waals surface area contributed by atoms with Gasteiger partial charge in [-0.05, 0) is 48.2 Å². The SMILES string of the molecule is C[n+]1c(SCC(=O)Nc2ccc(N3CCN(S(C)(=O)=O)CC3)cc2)[nH]c2ccccc21. The van der Waals surface area contributed by atoms with Crippen molar-refractivity contribution in [3.8, 4) is 0 Å². The molecule has 3 aromatic rings. The number of nitrogens with zero attached hydrogens (tertiary/aromatic N) is 3. The van der Waals surface area contributed by atoms with E-state index in [2.05, 4.69) is 15.2 Å². The highest BCUT2D eigenvalue weighted by atomic mass is 32.2. The minimum Gasteiger partial charge on any atom is -0.369 e. The minimum atomic E-state index is -3.13. The van der Waals surface area contributed by atoms with E-state index in [0.717, 1.165) is 27.6 Å². The maximum absolute atomic E-state index is 12.4. The highest BCUT2D eigenvalue weighted by Crippen LogP contribution is 2.21. The summed E-state index contributed by atoms with van der Waals surface area (Å²) in [5.74, 6) is 0.230. The molecule has 8 nitrogen and oxygen atoms in total. The fraction of sp³-hybridized carbons (Fsp3) is 0.333. The molecule has 31 heavy (non-hydrogen) atoms. The number of para-hydroxylation sites is 2. The van der Waals surface area contributed by atoms with Crippen molar-refractivity contribution in [2.45, 2.75) is 5.16 Å². The van der Waals surface area contributed by atoms with Crippen molar-refractivity contribution in [1.29, 1.82) is 0 Å². The van der Waals surface area contributed by atoms with Gasteiger partial charge in [0.05, 0.1) is 19.1 Å². The number of hydrogen-bond donors (Lipinski definition) is 2. The summed E-state index contributed by atoms with van der Waals surface area (Å²) in [6.07, 6.45) is 1.25. The topological polar surface area (TPSA) is 89.4 Å². The molecule has 0 saturated carbocycles. The molecule has 164 valence electrons. The first-order valence-electron chi connectivity index (χ1n) is 10.0. The van der Waals surface area contributed by atoms with Gasteiger partial charge >= 0.3 is 5.16 Å². The summed E-state index contributed by atoms with van der Waals surface area (Å²) in [4.78, 5) is 17.9. The van der Waals surface area contributed by atoms with E-state index < -0.39 is 10.0 Å². The molecule has 1 saturated heterocycles. The Morgan fingerprint density at radius 1 is 1.10 bits per heavy atom. The lowest BCUT2D eigenvalue weighted by molar-refractivity contribution is -0.683. The molecule has 10 heteroatoms. The molecule has 0 unspecified atom stereocenters. The molecule has 2 N–H and O–H groups in total. The first-order chi connectivity index (χ1) is 14.8. The Labute approximate surface area is 186 Å². The van der Waals surface area contributed by atoms with Gasteiger partial charge in [-0.3, -0.25) is 4.79 Å². The Bertz CT molecular complexity index is 1180. The van der Waals surface area contributed by atoms with Crippen molar-refractivity contribution in [1.82, 2.24) is 9.29 Å². The summed E-state index contributed by atoms with van der Waals surface area (Å²) in [5.41, 5.74) is 3.90. The summed E-state index contributed by atoms with van der Waals surface area (Å²) < 4.78 is 26.8. The molecule has 0 aliphatic carbocycles. The molecule has 0 radical (unpaired) electrons. The van der Waals surface area contributed by atoms with Crippen LogP contribution in [0, 0.1) is 0 Å². The van der Waals surface area contributed by atoms with Gasteiger partial charge in [0.25, 0.3) is 0 Å². The van der Waals surface area contributed by atoms with Crippen LogP contribution in [-0.2, 0) is 21.9 Å². The molecule has 2 heterocycles. The lowest BCUT2D eigenvalue weighted by atomic mass is 10.2. The van der Waals surface area contributed by atoms with Gasteiger partial charge in [-0.15, -0.1) is 0 Å². The van der Waals surface area contributed by atoms with Crippen LogP contribution in [0.5, 0.6) is 0 Å². The quantitative estimate of drug-likeness (QED) is 0.433. The fourth-order valence-electron chi connectivity index (χ4n) is 3.68. The number of fused-ring (bicyclic) bond motifs is 1. The molecule has 1 amide bonds. The summed E-state index contributed by atoms with van der Waals surface area (Å²) in [6.45, 7) is 2.27. The minimum absolute atomic E-state index is 0.0711. The Hall–Kier alpha value is -2.56. The largest absolute Gasteiger partial charge is 0.369 e. The second-order valence-corrected chi connectivity index (χ2v) is 10.5. The van der Waals surface area contributed by atoms with Crippen LogP contribution in [0.15, 0.2) is 53.7 Å². The number of benzene rings is 2. The third kappa shape index (κ3) is 5.03. The molecule has 1 aliphatic heterocycles. The number of rotatable bonds is 6. The molecule has 0 bridgehead atoms. The van der Waals surface area contributed by atoms with Gasteiger partial charge in [-0.1, -0.05) is 12.1 Å². The van der Waals surface area contributed by atoms with Crippen molar-refractivity contribution < 1.29 is 17.8 Å². The third-order valence-electron chi connectivity index (χ3n) is 5.38. The van der Waals surface area contributed by atoms with Gasteiger partial charge in [-0.2, -0.15) is 4.31 Å². The third-order valence-corrected chi connectivity index (χ3v) is 7.73. The van der Waals surface area contributed by atoms with E-state index >= 15 is 0 Å².